The van der Waals surface area contributed by atoms with Gasteiger partial charge in [-0.05, 0) is 128 Å². The predicted octanol–water partition coefficient (Wildman–Crippen LogP) is 10.4. The number of nitrogens with zero attached hydrogens (tertiary/aromatic N) is 3. The lowest BCUT2D eigenvalue weighted by Crippen LogP contribution is -2.43. The van der Waals surface area contributed by atoms with Crippen LogP contribution in [-0.4, -0.2) is 90.7 Å². The Kier molecular flexibility index (Phi) is 19.1. The number of benzene rings is 3. The van der Waals surface area contributed by atoms with Gasteiger partial charge in [0, 0.05) is 67.4 Å². The van der Waals surface area contributed by atoms with Gasteiger partial charge in [-0.1, -0.05) is 125 Å². The molecular weight excluding hydrogens is 709 g/mol. The third-order valence-corrected chi connectivity index (χ3v) is 11.8. The topological polar surface area (TPSA) is 45.8 Å². The molecule has 6 heteroatoms. The van der Waals surface area contributed by atoms with Crippen LogP contribution in [0.3, 0.4) is 0 Å². The van der Waals surface area contributed by atoms with E-state index in [0.717, 1.165) is 37.6 Å². The molecule has 318 valence electrons. The van der Waals surface area contributed by atoms with Crippen LogP contribution >= 0.6 is 0 Å². The monoisotopic (exact) mass is 789 g/mol. The maximum atomic E-state index is 4.31. The molecule has 58 heavy (non-hydrogen) atoms. The van der Waals surface area contributed by atoms with Gasteiger partial charge < -0.3 is 16.0 Å². The Hall–Kier alpha value is -3.84. The lowest BCUT2D eigenvalue weighted by molar-refractivity contribution is 0.210. The first-order chi connectivity index (χ1) is 27.7. The van der Waals surface area contributed by atoms with Crippen LogP contribution in [0.1, 0.15) is 116 Å². The van der Waals surface area contributed by atoms with Crippen LogP contribution in [0.5, 0.6) is 0 Å². The summed E-state index contributed by atoms with van der Waals surface area (Å²) in [4.78, 5) is 7.64. The van der Waals surface area contributed by atoms with Crippen LogP contribution in [0.2, 0.25) is 0 Å². The fourth-order valence-electron chi connectivity index (χ4n) is 9.08. The Bertz CT molecular complexity index is 1630. The molecule has 5 unspecified atom stereocenters. The number of likely N-dealkylation sites (tertiary alicyclic amines) is 3. The van der Waals surface area contributed by atoms with Gasteiger partial charge in [-0.25, -0.2) is 0 Å². The molecule has 3 aromatic rings. The standard InChI is InChI=1S/C19H30N2.C17H26N2.C16H24N2/c1-14(2)19(16(5)20-15(3)4)21-12-11-18(13-21)17-9-7-6-8-10-17;1-13(2)18-14(3)15(4)19-11-10-17(12-19)16-8-6-5-7-9-16;1-13(2)17-14(3)11-18-10-9-16(12-18)15-7-5-4-6-8-15/h6-10,14-15,18-20H,5,11-13H2,1-4H3;5-9,13,15,17-18H,3,10-12H2,1-2,4H3;4-8,13,16-17H,3,9-12H2,1-2H3. The van der Waals surface area contributed by atoms with E-state index in [1.54, 1.807) is 0 Å². The zero-order valence-electron chi connectivity index (χ0n) is 37.9. The Balaban J connectivity index is 0.000000193. The molecule has 3 aliphatic rings. The smallest absolute Gasteiger partial charge is 0.0512 e. The molecule has 0 aromatic heterocycles. The number of hydrogen-bond acceptors (Lipinski definition) is 6. The second kappa shape index (κ2) is 23.7. The van der Waals surface area contributed by atoms with Gasteiger partial charge in [-0.3, -0.25) is 14.7 Å². The molecule has 3 N–H and O–H groups in total. The van der Waals surface area contributed by atoms with Crippen molar-refractivity contribution in [1.82, 2.24) is 30.7 Å². The summed E-state index contributed by atoms with van der Waals surface area (Å²) in [5, 5.41) is 10.3. The van der Waals surface area contributed by atoms with Gasteiger partial charge in [0.2, 0.25) is 0 Å². The van der Waals surface area contributed by atoms with Crippen molar-refractivity contribution < 1.29 is 0 Å². The highest BCUT2D eigenvalue weighted by Crippen LogP contribution is 2.32. The maximum absolute atomic E-state index is 4.31. The summed E-state index contributed by atoms with van der Waals surface area (Å²) in [6, 6.07) is 34.9. The summed E-state index contributed by atoms with van der Waals surface area (Å²) in [6.07, 6.45) is 3.77. The fourth-order valence-corrected chi connectivity index (χ4v) is 9.08. The molecule has 5 atom stereocenters. The van der Waals surface area contributed by atoms with Crippen molar-refractivity contribution in [2.75, 3.05) is 45.8 Å². The summed E-state index contributed by atoms with van der Waals surface area (Å²) in [5.41, 5.74) is 7.88. The first-order valence-corrected chi connectivity index (χ1v) is 22.4. The summed E-state index contributed by atoms with van der Waals surface area (Å²) >= 11 is 0. The first kappa shape index (κ1) is 46.8. The molecule has 0 aliphatic carbocycles. The normalized spacial score (nSPS) is 20.9. The van der Waals surface area contributed by atoms with Crippen molar-refractivity contribution in [2.24, 2.45) is 5.92 Å². The highest BCUT2D eigenvalue weighted by atomic mass is 15.2. The van der Waals surface area contributed by atoms with Crippen LogP contribution in [0.15, 0.2) is 128 Å². The Morgan fingerprint density at radius 1 is 0.517 bits per heavy atom. The van der Waals surface area contributed by atoms with Crippen LogP contribution < -0.4 is 16.0 Å². The van der Waals surface area contributed by atoms with Gasteiger partial charge in [0.25, 0.3) is 0 Å². The minimum Gasteiger partial charge on any atom is -0.386 e. The SMILES string of the molecule is C=C(CN1CCC(c2ccccc2)C1)NC(C)C.C=C(NC(C)C)C(C(C)C)N1CCC(c2ccccc2)C1.C=C(NC(C)C)C(C)N1CCC(c2ccccc2)C1. The highest BCUT2D eigenvalue weighted by Gasteiger charge is 2.32. The van der Waals surface area contributed by atoms with E-state index in [0.29, 0.717) is 53.9 Å². The average Bonchev–Trinajstić information content (AvgIpc) is 3.98. The predicted molar refractivity (Wildman–Crippen MR) is 251 cm³/mol. The Labute approximate surface area is 355 Å². The van der Waals surface area contributed by atoms with E-state index < -0.39 is 0 Å². The van der Waals surface area contributed by atoms with Crippen molar-refractivity contribution in [3.8, 4) is 0 Å². The number of hydrogen-bond donors (Lipinski definition) is 3. The zero-order chi connectivity index (χ0) is 42.2. The van der Waals surface area contributed by atoms with Gasteiger partial charge in [0.15, 0.2) is 0 Å². The third kappa shape index (κ3) is 15.1. The van der Waals surface area contributed by atoms with Crippen LogP contribution in [0.4, 0.5) is 0 Å². The summed E-state index contributed by atoms with van der Waals surface area (Å²) < 4.78 is 0. The van der Waals surface area contributed by atoms with Crippen LogP contribution in [0, 0.1) is 5.92 Å². The van der Waals surface area contributed by atoms with Crippen LogP contribution in [-0.2, 0) is 0 Å². The molecule has 3 aromatic carbocycles. The summed E-state index contributed by atoms with van der Waals surface area (Å²) in [5.74, 6) is 2.62. The maximum Gasteiger partial charge on any atom is 0.0512 e. The van der Waals surface area contributed by atoms with E-state index in [2.05, 4.69) is 204 Å². The molecule has 3 heterocycles. The van der Waals surface area contributed by atoms with Crippen molar-refractivity contribution >= 4 is 0 Å². The van der Waals surface area contributed by atoms with Gasteiger partial charge in [0.05, 0.1) is 6.04 Å². The minimum absolute atomic E-state index is 0.413. The first-order valence-electron chi connectivity index (χ1n) is 22.4. The Morgan fingerprint density at radius 2 is 0.914 bits per heavy atom. The van der Waals surface area contributed by atoms with E-state index in [1.165, 1.54) is 61.3 Å². The van der Waals surface area contributed by atoms with Crippen molar-refractivity contribution in [1.29, 1.82) is 0 Å². The molecule has 0 saturated carbocycles. The third-order valence-electron chi connectivity index (χ3n) is 11.8. The molecule has 0 amide bonds. The number of nitrogens with one attached hydrogen (secondary N) is 3. The summed E-state index contributed by atoms with van der Waals surface area (Å²) in [6.45, 7) is 40.4. The molecular formula is C52H80N6. The molecule has 0 radical (unpaired) electrons. The minimum atomic E-state index is 0.413. The molecule has 0 bridgehead atoms. The largest absolute Gasteiger partial charge is 0.386 e. The quantitative estimate of drug-likeness (QED) is 0.134. The van der Waals surface area contributed by atoms with E-state index in [9.17, 15) is 0 Å². The molecule has 0 spiro atoms. The van der Waals surface area contributed by atoms with Crippen molar-refractivity contribution in [2.45, 2.75) is 130 Å². The van der Waals surface area contributed by atoms with Gasteiger partial charge in [-0.15, -0.1) is 0 Å². The highest BCUT2D eigenvalue weighted by molar-refractivity contribution is 5.24. The lowest BCUT2D eigenvalue weighted by Gasteiger charge is -2.34. The fraction of sp³-hybridized carbons (Fsp3) is 0.538. The van der Waals surface area contributed by atoms with Gasteiger partial charge in [0.1, 0.15) is 0 Å². The zero-order valence-corrected chi connectivity index (χ0v) is 37.9. The van der Waals surface area contributed by atoms with Gasteiger partial charge >= 0.3 is 0 Å². The lowest BCUT2D eigenvalue weighted by atomic mass is 9.97. The molecule has 3 fully saturated rings. The van der Waals surface area contributed by atoms with Gasteiger partial charge in [-0.2, -0.15) is 0 Å². The molecule has 3 saturated heterocycles. The Morgan fingerprint density at radius 3 is 1.36 bits per heavy atom. The van der Waals surface area contributed by atoms with E-state index in [-0.39, 0.29) is 0 Å². The van der Waals surface area contributed by atoms with E-state index >= 15 is 0 Å². The molecule has 6 rings (SSSR count). The van der Waals surface area contributed by atoms with E-state index in [1.807, 2.05) is 0 Å². The number of rotatable bonds is 16. The second-order valence-electron chi connectivity index (χ2n) is 18.3. The van der Waals surface area contributed by atoms with Crippen molar-refractivity contribution in [3.63, 3.8) is 0 Å². The molecule has 3 aliphatic heterocycles. The molecule has 6 nitrogen and oxygen atoms in total. The summed E-state index contributed by atoms with van der Waals surface area (Å²) in [7, 11) is 0. The second-order valence-corrected chi connectivity index (χ2v) is 18.3. The average molecular weight is 789 g/mol. The van der Waals surface area contributed by atoms with E-state index in [4.69, 9.17) is 0 Å². The van der Waals surface area contributed by atoms with Crippen molar-refractivity contribution in [3.05, 3.63) is 145 Å². The van der Waals surface area contributed by atoms with Crippen LogP contribution in [0.25, 0.3) is 0 Å².